The molecule has 0 aromatic heterocycles. The van der Waals surface area contributed by atoms with Crippen LogP contribution in [0.1, 0.15) is 25.7 Å². The van der Waals surface area contributed by atoms with Crippen molar-refractivity contribution in [2.75, 3.05) is 33.0 Å². The number of hydrogen-bond acceptors (Lipinski definition) is 4. The molecule has 0 spiro atoms. The molecule has 0 aromatic rings. The summed E-state index contributed by atoms with van der Waals surface area (Å²) in [4.78, 5) is 9.99. The summed E-state index contributed by atoms with van der Waals surface area (Å²) in [5.74, 6) is -0.0648. The van der Waals surface area contributed by atoms with E-state index in [9.17, 15) is 13.6 Å². The van der Waals surface area contributed by atoms with Crippen LogP contribution in [0.15, 0.2) is 0 Å². The highest BCUT2D eigenvalue weighted by molar-refractivity contribution is 5.56. The van der Waals surface area contributed by atoms with Crippen molar-refractivity contribution in [3.8, 4) is 0 Å². The zero-order chi connectivity index (χ0) is 14.8. The highest BCUT2D eigenvalue weighted by Crippen LogP contribution is 2.20. The molecule has 4 nitrogen and oxygen atoms in total. The second kappa shape index (κ2) is 10.2. The summed E-state index contributed by atoms with van der Waals surface area (Å²) < 4.78 is 35.4. The Balaban J connectivity index is 0.000000200. The Morgan fingerprint density at radius 3 is 1.85 bits per heavy atom. The van der Waals surface area contributed by atoms with Gasteiger partial charge in [-0.1, -0.05) is 0 Å². The van der Waals surface area contributed by atoms with E-state index in [0.717, 1.165) is 12.8 Å². The molecule has 0 amide bonds. The van der Waals surface area contributed by atoms with Gasteiger partial charge in [-0.2, -0.15) is 0 Å². The lowest BCUT2D eigenvalue weighted by Gasteiger charge is -2.23. The van der Waals surface area contributed by atoms with E-state index in [1.807, 2.05) is 0 Å². The first-order valence-corrected chi connectivity index (χ1v) is 7.18. The van der Waals surface area contributed by atoms with Crippen molar-refractivity contribution in [1.29, 1.82) is 0 Å². The fourth-order valence-electron chi connectivity index (χ4n) is 2.37. The summed E-state index contributed by atoms with van der Waals surface area (Å²) in [5, 5.41) is 8.47. The maximum atomic E-state index is 12.7. The van der Waals surface area contributed by atoms with Crippen LogP contribution in [0, 0.1) is 11.8 Å². The Labute approximate surface area is 118 Å². The number of rotatable bonds is 4. The fourth-order valence-corrected chi connectivity index (χ4v) is 2.37. The van der Waals surface area contributed by atoms with Crippen LogP contribution in [0.4, 0.5) is 8.78 Å². The first kappa shape index (κ1) is 17.5. The van der Waals surface area contributed by atoms with E-state index in [1.54, 1.807) is 0 Å². The second-order valence-electron chi connectivity index (χ2n) is 5.18. The predicted molar refractivity (Wildman–Crippen MR) is 70.0 cm³/mol. The lowest BCUT2D eigenvalue weighted by Crippen LogP contribution is -2.26. The molecule has 1 N–H and O–H groups in total. The minimum Gasteiger partial charge on any atom is -0.393 e. The molecule has 2 rings (SSSR count). The molecule has 2 fully saturated rings. The number of carbonyl (C=O) groups excluding carboxylic acids is 1. The first-order valence-electron chi connectivity index (χ1n) is 7.18. The van der Waals surface area contributed by atoms with E-state index >= 15 is 0 Å². The Kier molecular flexibility index (Phi) is 8.89. The van der Waals surface area contributed by atoms with Crippen molar-refractivity contribution in [2.45, 2.75) is 38.0 Å². The molecule has 2 atom stereocenters. The second-order valence-corrected chi connectivity index (χ2v) is 5.18. The van der Waals surface area contributed by atoms with Gasteiger partial charge in [-0.25, -0.2) is 8.78 Å². The third-order valence-corrected chi connectivity index (χ3v) is 3.80. The van der Waals surface area contributed by atoms with Crippen molar-refractivity contribution < 1.29 is 28.2 Å². The third kappa shape index (κ3) is 6.24. The van der Waals surface area contributed by atoms with Gasteiger partial charge in [0.2, 0.25) is 0 Å². The highest BCUT2D eigenvalue weighted by Gasteiger charge is 2.23. The minimum atomic E-state index is -1.27. The van der Waals surface area contributed by atoms with Gasteiger partial charge in [-0.15, -0.1) is 0 Å². The van der Waals surface area contributed by atoms with Gasteiger partial charge in [0.1, 0.15) is 6.17 Å². The van der Waals surface area contributed by atoms with Crippen molar-refractivity contribution in [3.05, 3.63) is 0 Å². The molecule has 0 unspecified atom stereocenters. The van der Waals surface area contributed by atoms with Crippen molar-refractivity contribution in [3.63, 3.8) is 0 Å². The van der Waals surface area contributed by atoms with Gasteiger partial charge in [0.05, 0.1) is 6.61 Å². The van der Waals surface area contributed by atoms with E-state index in [2.05, 4.69) is 0 Å². The standard InChI is InChI=1S/C7H13FO2.C7H11FO2/c2*8-7(5-9)6-1-3-10-4-2-6/h6-7,9H,1-5H2;5-7H,1-4H2/t2*7-/m00/s1. The number of carbonyl (C=O) groups is 1. The van der Waals surface area contributed by atoms with Crippen LogP contribution in [0.25, 0.3) is 0 Å². The molecule has 2 aliphatic heterocycles. The molecular weight excluding hydrogens is 270 g/mol. The average molecular weight is 294 g/mol. The molecule has 20 heavy (non-hydrogen) atoms. The third-order valence-electron chi connectivity index (χ3n) is 3.80. The molecule has 2 saturated heterocycles. The van der Waals surface area contributed by atoms with Crippen LogP contribution < -0.4 is 0 Å². The summed E-state index contributed by atoms with van der Waals surface area (Å²) >= 11 is 0. The summed E-state index contributed by atoms with van der Waals surface area (Å²) in [7, 11) is 0. The van der Waals surface area contributed by atoms with Gasteiger partial charge in [0, 0.05) is 32.3 Å². The van der Waals surface area contributed by atoms with Crippen molar-refractivity contribution in [1.82, 2.24) is 0 Å². The molecule has 0 bridgehead atoms. The Morgan fingerprint density at radius 2 is 1.45 bits per heavy atom. The zero-order valence-electron chi connectivity index (χ0n) is 11.7. The van der Waals surface area contributed by atoms with E-state index in [1.165, 1.54) is 0 Å². The van der Waals surface area contributed by atoms with Gasteiger partial charge < -0.3 is 19.4 Å². The normalized spacial score (nSPS) is 24.4. The maximum absolute atomic E-state index is 12.7. The predicted octanol–water partition coefficient (Wildman–Crippen LogP) is 1.69. The van der Waals surface area contributed by atoms with E-state index in [0.29, 0.717) is 45.6 Å². The van der Waals surface area contributed by atoms with Crippen LogP contribution >= 0.6 is 0 Å². The topological polar surface area (TPSA) is 55.8 Å². The quantitative estimate of drug-likeness (QED) is 0.802. The lowest BCUT2D eigenvalue weighted by atomic mass is 9.95. The molecule has 0 saturated carbocycles. The Morgan fingerprint density at radius 1 is 1.00 bits per heavy atom. The van der Waals surface area contributed by atoms with Crippen LogP contribution in [0.2, 0.25) is 0 Å². The SMILES string of the molecule is O=C[C@H](F)C1CCOCC1.OC[C@H](F)C1CCOCC1. The summed E-state index contributed by atoms with van der Waals surface area (Å²) in [6, 6.07) is 0. The van der Waals surface area contributed by atoms with Crippen molar-refractivity contribution >= 4 is 6.29 Å². The Hall–Kier alpha value is -0.590. The number of alkyl halides is 2. The van der Waals surface area contributed by atoms with Gasteiger partial charge in [0.25, 0.3) is 0 Å². The number of halogens is 2. The molecule has 0 aromatic carbocycles. The lowest BCUT2D eigenvalue weighted by molar-refractivity contribution is -0.114. The zero-order valence-corrected chi connectivity index (χ0v) is 11.7. The number of aliphatic hydroxyl groups is 1. The Bertz CT molecular complexity index is 254. The van der Waals surface area contributed by atoms with Crippen LogP contribution in [-0.2, 0) is 14.3 Å². The monoisotopic (exact) mass is 294 g/mol. The number of hydrogen-bond donors (Lipinski definition) is 1. The smallest absolute Gasteiger partial charge is 0.158 e. The highest BCUT2D eigenvalue weighted by atomic mass is 19.1. The minimum absolute atomic E-state index is 0.0266. The first-order chi connectivity index (χ1) is 9.69. The van der Waals surface area contributed by atoms with Gasteiger partial charge in [-0.3, -0.25) is 0 Å². The number of aliphatic hydroxyl groups excluding tert-OH is 1. The van der Waals surface area contributed by atoms with Gasteiger partial charge in [-0.05, 0) is 31.6 Å². The number of ether oxygens (including phenoxy) is 2. The molecule has 0 aliphatic carbocycles. The number of aldehydes is 1. The van der Waals surface area contributed by atoms with Gasteiger partial charge >= 0.3 is 0 Å². The molecule has 2 aliphatic rings. The van der Waals surface area contributed by atoms with E-state index in [-0.39, 0.29) is 18.4 Å². The summed E-state index contributed by atoms with van der Waals surface area (Å²) in [6.07, 6.45) is 0.937. The fraction of sp³-hybridized carbons (Fsp3) is 0.929. The van der Waals surface area contributed by atoms with Gasteiger partial charge in [0.15, 0.2) is 12.5 Å². The molecular formula is C14H24F2O4. The molecule has 118 valence electrons. The largest absolute Gasteiger partial charge is 0.393 e. The molecule has 6 heteroatoms. The average Bonchev–Trinajstić information content (AvgIpc) is 2.55. The van der Waals surface area contributed by atoms with E-state index in [4.69, 9.17) is 14.6 Å². The molecule has 2 heterocycles. The van der Waals surface area contributed by atoms with Crippen LogP contribution in [0.3, 0.4) is 0 Å². The summed E-state index contributed by atoms with van der Waals surface area (Å²) in [6.45, 7) is 2.14. The maximum Gasteiger partial charge on any atom is 0.158 e. The van der Waals surface area contributed by atoms with Crippen molar-refractivity contribution in [2.24, 2.45) is 11.8 Å². The summed E-state index contributed by atoms with van der Waals surface area (Å²) in [5.41, 5.74) is 0. The molecule has 0 radical (unpaired) electrons. The van der Waals surface area contributed by atoms with E-state index < -0.39 is 12.3 Å². The van der Waals surface area contributed by atoms with Crippen LogP contribution in [-0.4, -0.2) is 56.8 Å². The van der Waals surface area contributed by atoms with Crippen LogP contribution in [0.5, 0.6) is 0 Å².